The molecule has 0 aliphatic heterocycles. The van der Waals surface area contributed by atoms with Crippen LogP contribution in [0.3, 0.4) is 0 Å². The summed E-state index contributed by atoms with van der Waals surface area (Å²) in [5.41, 5.74) is 2.92. The van der Waals surface area contributed by atoms with Crippen LogP contribution in [0.25, 0.3) is 0 Å². The van der Waals surface area contributed by atoms with E-state index in [0.29, 0.717) is 11.3 Å². The van der Waals surface area contributed by atoms with Crippen LogP contribution in [0.1, 0.15) is 19.4 Å². The minimum Gasteiger partial charge on any atom is -0.482 e. The lowest BCUT2D eigenvalue weighted by molar-refractivity contribution is -0.145. The van der Waals surface area contributed by atoms with Gasteiger partial charge in [-0.2, -0.15) is 5.10 Å². The summed E-state index contributed by atoms with van der Waals surface area (Å²) in [5.74, 6) is -2.96. The highest BCUT2D eigenvalue weighted by Gasteiger charge is 2.22. The highest BCUT2D eigenvalue weighted by Crippen LogP contribution is 2.14. The first-order valence-corrected chi connectivity index (χ1v) is 9.17. The van der Waals surface area contributed by atoms with E-state index in [9.17, 15) is 18.8 Å². The standard InChI is InChI=1S/C21H22FN3O5/c1-3-29-19(26)13-30-16-10-8-15(9-11-16)12-23-25-21(28)14(2)20(27)24-18-7-5-4-6-17(18)22/h4-12,14H,3,13H2,1-2H3,(H,24,27)(H,25,28). The lowest BCUT2D eigenvalue weighted by Gasteiger charge is -2.11. The SMILES string of the molecule is CCOC(=O)COc1ccc(C=NNC(=O)C(C)C(=O)Nc2ccccc2F)cc1. The van der Waals surface area contributed by atoms with Crippen LogP contribution in [-0.2, 0) is 19.1 Å². The fraction of sp³-hybridized carbons (Fsp3) is 0.238. The molecule has 0 heterocycles. The molecule has 0 aromatic heterocycles. The predicted octanol–water partition coefficient (Wildman–Crippen LogP) is 2.49. The number of para-hydroxylation sites is 1. The summed E-state index contributed by atoms with van der Waals surface area (Å²) in [6.07, 6.45) is 1.38. The minimum absolute atomic E-state index is 0.00378. The van der Waals surface area contributed by atoms with Gasteiger partial charge in [0.05, 0.1) is 18.5 Å². The number of rotatable bonds is 9. The number of carbonyl (C=O) groups excluding carboxylic acids is 3. The molecule has 2 aromatic rings. The van der Waals surface area contributed by atoms with Gasteiger partial charge in [0.1, 0.15) is 17.5 Å². The smallest absolute Gasteiger partial charge is 0.344 e. The van der Waals surface area contributed by atoms with Crippen molar-refractivity contribution in [1.82, 2.24) is 5.43 Å². The van der Waals surface area contributed by atoms with E-state index in [-0.39, 0.29) is 18.9 Å². The molecular weight excluding hydrogens is 393 g/mol. The topological polar surface area (TPSA) is 106 Å². The summed E-state index contributed by atoms with van der Waals surface area (Å²) in [5, 5.41) is 6.16. The summed E-state index contributed by atoms with van der Waals surface area (Å²) < 4.78 is 23.6. The number of hydrogen-bond donors (Lipinski definition) is 2. The normalized spacial score (nSPS) is 11.6. The maximum Gasteiger partial charge on any atom is 0.344 e. The summed E-state index contributed by atoms with van der Waals surface area (Å²) in [6.45, 7) is 3.19. The van der Waals surface area contributed by atoms with Crippen molar-refractivity contribution in [3.63, 3.8) is 0 Å². The van der Waals surface area contributed by atoms with E-state index >= 15 is 0 Å². The fourth-order valence-corrected chi connectivity index (χ4v) is 2.18. The van der Waals surface area contributed by atoms with Crippen molar-refractivity contribution in [2.75, 3.05) is 18.5 Å². The van der Waals surface area contributed by atoms with Crippen molar-refractivity contribution in [2.45, 2.75) is 13.8 Å². The van der Waals surface area contributed by atoms with Crippen molar-refractivity contribution in [1.29, 1.82) is 0 Å². The fourth-order valence-electron chi connectivity index (χ4n) is 2.18. The van der Waals surface area contributed by atoms with Gasteiger partial charge in [-0.1, -0.05) is 12.1 Å². The van der Waals surface area contributed by atoms with Gasteiger partial charge in [0.2, 0.25) is 5.91 Å². The van der Waals surface area contributed by atoms with Crippen LogP contribution in [0, 0.1) is 11.7 Å². The number of halogens is 1. The zero-order chi connectivity index (χ0) is 21.9. The number of nitrogens with one attached hydrogen (secondary N) is 2. The highest BCUT2D eigenvalue weighted by atomic mass is 19.1. The van der Waals surface area contributed by atoms with Crippen LogP contribution in [-0.4, -0.2) is 37.2 Å². The van der Waals surface area contributed by atoms with Gasteiger partial charge in [-0.15, -0.1) is 0 Å². The summed E-state index contributed by atoms with van der Waals surface area (Å²) in [6, 6.07) is 12.3. The van der Waals surface area contributed by atoms with Crippen molar-refractivity contribution >= 4 is 29.7 Å². The number of benzene rings is 2. The van der Waals surface area contributed by atoms with Gasteiger partial charge in [0.25, 0.3) is 5.91 Å². The van der Waals surface area contributed by atoms with E-state index in [1.807, 2.05) is 0 Å². The molecule has 2 rings (SSSR count). The van der Waals surface area contributed by atoms with Gasteiger partial charge in [-0.3, -0.25) is 9.59 Å². The molecule has 158 valence electrons. The van der Waals surface area contributed by atoms with Gasteiger partial charge in [-0.25, -0.2) is 14.6 Å². The molecule has 1 unspecified atom stereocenters. The summed E-state index contributed by atoms with van der Waals surface area (Å²) in [7, 11) is 0. The molecule has 9 heteroatoms. The van der Waals surface area contributed by atoms with E-state index in [2.05, 4.69) is 15.8 Å². The summed E-state index contributed by atoms with van der Waals surface area (Å²) in [4.78, 5) is 35.4. The maximum atomic E-state index is 13.6. The number of anilines is 1. The molecule has 1 atom stereocenters. The van der Waals surface area contributed by atoms with Crippen molar-refractivity contribution in [3.05, 3.63) is 59.9 Å². The average Bonchev–Trinajstić information content (AvgIpc) is 2.74. The van der Waals surface area contributed by atoms with Crippen LogP contribution in [0.2, 0.25) is 0 Å². The third-order valence-corrected chi connectivity index (χ3v) is 3.85. The molecule has 0 bridgehead atoms. The molecule has 2 amide bonds. The van der Waals surface area contributed by atoms with Gasteiger partial charge < -0.3 is 14.8 Å². The molecule has 2 N–H and O–H groups in total. The lowest BCUT2D eigenvalue weighted by atomic mass is 10.1. The van der Waals surface area contributed by atoms with E-state index in [1.54, 1.807) is 37.3 Å². The Bertz CT molecular complexity index is 915. The molecule has 2 aromatic carbocycles. The Hall–Kier alpha value is -3.75. The van der Waals surface area contributed by atoms with Crippen molar-refractivity contribution in [2.24, 2.45) is 11.0 Å². The predicted molar refractivity (Wildman–Crippen MR) is 109 cm³/mol. The maximum absolute atomic E-state index is 13.6. The molecule has 0 saturated carbocycles. The Morgan fingerprint density at radius 3 is 2.47 bits per heavy atom. The molecule has 0 spiro atoms. The Balaban J connectivity index is 1.82. The first-order chi connectivity index (χ1) is 14.4. The molecule has 0 aliphatic rings. The molecular formula is C21H22FN3O5. The van der Waals surface area contributed by atoms with Gasteiger partial charge in [0, 0.05) is 0 Å². The molecule has 0 saturated heterocycles. The monoisotopic (exact) mass is 415 g/mol. The first kappa shape index (κ1) is 22.5. The average molecular weight is 415 g/mol. The number of hydrazone groups is 1. The van der Waals surface area contributed by atoms with Crippen LogP contribution >= 0.6 is 0 Å². The second-order valence-electron chi connectivity index (χ2n) is 6.09. The Labute approximate surface area is 173 Å². The van der Waals surface area contributed by atoms with Crippen LogP contribution < -0.4 is 15.5 Å². The number of ether oxygens (including phenoxy) is 2. The van der Waals surface area contributed by atoms with Crippen LogP contribution in [0.15, 0.2) is 53.6 Å². The Morgan fingerprint density at radius 2 is 1.80 bits per heavy atom. The number of nitrogens with zero attached hydrogens (tertiary/aromatic N) is 1. The molecule has 8 nitrogen and oxygen atoms in total. The zero-order valence-electron chi connectivity index (χ0n) is 16.6. The van der Waals surface area contributed by atoms with Crippen molar-refractivity contribution in [3.8, 4) is 5.75 Å². The number of amides is 2. The highest BCUT2D eigenvalue weighted by molar-refractivity contribution is 6.06. The van der Waals surface area contributed by atoms with Gasteiger partial charge >= 0.3 is 5.97 Å². The summed E-state index contributed by atoms with van der Waals surface area (Å²) >= 11 is 0. The molecule has 0 aliphatic carbocycles. The molecule has 0 fully saturated rings. The quantitative estimate of drug-likeness (QED) is 0.283. The second kappa shape index (κ2) is 11.3. The van der Waals surface area contributed by atoms with E-state index in [0.717, 1.165) is 0 Å². The van der Waals surface area contributed by atoms with Crippen molar-refractivity contribution < 1.29 is 28.2 Å². The van der Waals surface area contributed by atoms with E-state index in [1.165, 1.54) is 31.3 Å². The number of carbonyl (C=O) groups is 3. The first-order valence-electron chi connectivity index (χ1n) is 9.17. The van der Waals surface area contributed by atoms with Gasteiger partial charge in [0.15, 0.2) is 6.61 Å². The molecule has 0 radical (unpaired) electrons. The Kier molecular flexibility index (Phi) is 8.49. The Morgan fingerprint density at radius 1 is 1.10 bits per heavy atom. The molecule has 30 heavy (non-hydrogen) atoms. The largest absolute Gasteiger partial charge is 0.482 e. The number of hydrogen-bond acceptors (Lipinski definition) is 6. The lowest BCUT2D eigenvalue weighted by Crippen LogP contribution is -2.34. The van der Waals surface area contributed by atoms with E-state index in [4.69, 9.17) is 9.47 Å². The van der Waals surface area contributed by atoms with Crippen LogP contribution in [0.5, 0.6) is 5.75 Å². The minimum atomic E-state index is -1.08. The van der Waals surface area contributed by atoms with Gasteiger partial charge in [-0.05, 0) is 55.8 Å². The second-order valence-corrected chi connectivity index (χ2v) is 6.09. The third kappa shape index (κ3) is 7.01. The zero-order valence-corrected chi connectivity index (χ0v) is 16.6. The number of esters is 1. The van der Waals surface area contributed by atoms with E-state index < -0.39 is 29.5 Å². The van der Waals surface area contributed by atoms with Crippen LogP contribution in [0.4, 0.5) is 10.1 Å². The third-order valence-electron chi connectivity index (χ3n) is 3.85.